The van der Waals surface area contributed by atoms with Crippen LogP contribution in [-0.2, 0) is 19.6 Å². The van der Waals surface area contributed by atoms with Crippen molar-refractivity contribution in [2.45, 2.75) is 21.9 Å². The largest absolute Gasteiger partial charge is 0.379 e. The van der Waals surface area contributed by atoms with Crippen LogP contribution in [0.15, 0.2) is 39.4 Å². The lowest BCUT2D eigenvalue weighted by molar-refractivity contribution is -0.123. The van der Waals surface area contributed by atoms with Crippen molar-refractivity contribution in [3.63, 3.8) is 0 Å². The van der Waals surface area contributed by atoms with E-state index in [0.29, 0.717) is 55.2 Å². The van der Waals surface area contributed by atoms with Crippen LogP contribution in [0.4, 0.5) is 5.13 Å². The Morgan fingerprint density at radius 1 is 1.16 bits per heavy atom. The minimum atomic E-state index is -3.60. The molecular weight excluding hydrogens is 572 g/mol. The van der Waals surface area contributed by atoms with Gasteiger partial charge in [0.25, 0.3) is 10.0 Å². The van der Waals surface area contributed by atoms with E-state index in [4.69, 9.17) is 21.3 Å². The van der Waals surface area contributed by atoms with Gasteiger partial charge in [0, 0.05) is 50.1 Å². The van der Waals surface area contributed by atoms with E-state index in [9.17, 15) is 13.2 Å². The number of carbonyl (C=O) groups is 1. The van der Waals surface area contributed by atoms with Gasteiger partial charge in [-0.2, -0.15) is 4.31 Å². The van der Waals surface area contributed by atoms with Crippen molar-refractivity contribution >= 4 is 77.3 Å². The Bertz CT molecular complexity index is 1350. The third-order valence-electron chi connectivity index (χ3n) is 6.78. The first kappa shape index (κ1) is 27.3. The lowest BCUT2D eigenvalue weighted by Crippen LogP contribution is -2.47. The molecule has 0 spiro atoms. The molecule has 13 heteroatoms. The molecule has 0 atom stereocenters. The maximum absolute atomic E-state index is 13.9. The number of carbonyl (C=O) groups excluding carboxylic acids is 1. The van der Waals surface area contributed by atoms with Crippen molar-refractivity contribution < 1.29 is 17.9 Å². The number of hydrogen-bond donors (Lipinski definition) is 0. The fourth-order valence-corrected chi connectivity index (χ4v) is 9.44. The first-order valence-corrected chi connectivity index (χ1v) is 16.8. The summed E-state index contributed by atoms with van der Waals surface area (Å²) in [6.45, 7) is 5.00. The molecule has 0 radical (unpaired) electrons. The maximum atomic E-state index is 13.9. The summed E-state index contributed by atoms with van der Waals surface area (Å²) in [5.41, 5.74) is 0.926. The van der Waals surface area contributed by atoms with Gasteiger partial charge in [-0.15, -0.1) is 23.1 Å². The number of thiazole rings is 1. The molecule has 4 heterocycles. The SMILES string of the molecule is CSc1cccc2sc(N(CCN3CCOCC3)C(=O)C3CCN(S(=O)(=O)c4ccc(Cl)s4)CC3)nc12. The van der Waals surface area contributed by atoms with Gasteiger partial charge >= 0.3 is 0 Å². The Hall–Kier alpha value is -1.25. The molecule has 0 saturated carbocycles. The molecule has 0 N–H and O–H groups in total. The molecule has 37 heavy (non-hydrogen) atoms. The number of para-hydroxylation sites is 1. The highest BCUT2D eigenvalue weighted by molar-refractivity contribution is 7.98. The van der Waals surface area contributed by atoms with Gasteiger partial charge in [-0.25, -0.2) is 13.4 Å². The number of morpholine rings is 1. The van der Waals surface area contributed by atoms with Crippen molar-refractivity contribution in [3.8, 4) is 0 Å². The minimum absolute atomic E-state index is 0.0224. The third-order valence-corrected chi connectivity index (χ3v) is 12.2. The van der Waals surface area contributed by atoms with Crippen LogP contribution in [0.5, 0.6) is 0 Å². The number of sulfonamides is 1. The van der Waals surface area contributed by atoms with E-state index in [1.807, 2.05) is 29.4 Å². The lowest BCUT2D eigenvalue weighted by Gasteiger charge is -2.34. The Morgan fingerprint density at radius 3 is 2.59 bits per heavy atom. The van der Waals surface area contributed by atoms with E-state index < -0.39 is 10.0 Å². The maximum Gasteiger partial charge on any atom is 0.252 e. The number of aromatic nitrogens is 1. The Morgan fingerprint density at radius 2 is 1.92 bits per heavy atom. The molecule has 3 aromatic rings. The molecular formula is C24H29ClN4O4S4. The molecule has 5 rings (SSSR count). The molecule has 2 fully saturated rings. The summed E-state index contributed by atoms with van der Waals surface area (Å²) < 4.78 is 34.7. The molecule has 0 unspecified atom stereocenters. The van der Waals surface area contributed by atoms with E-state index in [-0.39, 0.29) is 16.0 Å². The smallest absolute Gasteiger partial charge is 0.252 e. The van der Waals surface area contributed by atoms with Crippen molar-refractivity contribution in [2.24, 2.45) is 5.92 Å². The molecule has 0 bridgehead atoms. The van der Waals surface area contributed by atoms with Gasteiger partial charge in [0.05, 0.1) is 27.8 Å². The first-order chi connectivity index (χ1) is 17.9. The van der Waals surface area contributed by atoms with Crippen LogP contribution in [0.1, 0.15) is 12.8 Å². The number of fused-ring (bicyclic) bond motifs is 1. The monoisotopic (exact) mass is 600 g/mol. The lowest BCUT2D eigenvalue weighted by atomic mass is 9.96. The summed E-state index contributed by atoms with van der Waals surface area (Å²) in [5, 5.41) is 0.707. The van der Waals surface area contributed by atoms with E-state index in [1.165, 1.54) is 15.6 Å². The predicted octanol–water partition coefficient (Wildman–Crippen LogP) is 4.50. The van der Waals surface area contributed by atoms with Crippen molar-refractivity contribution in [1.82, 2.24) is 14.2 Å². The standard InChI is InChI=1S/C24H29ClN4O4S4/c1-34-18-3-2-4-19-22(18)26-24(35-19)29(12-11-27-13-15-33-16-14-27)23(30)17-7-9-28(10-8-17)37(31,32)21-6-5-20(25)36-21/h2-6,17H,7-16H2,1H3. The molecule has 0 aliphatic carbocycles. The number of ether oxygens (including phenoxy) is 1. The van der Waals surface area contributed by atoms with Crippen LogP contribution in [0, 0.1) is 5.92 Å². The topological polar surface area (TPSA) is 83.0 Å². The Labute approximate surface area is 234 Å². The van der Waals surface area contributed by atoms with E-state index >= 15 is 0 Å². The van der Waals surface area contributed by atoms with Crippen LogP contribution in [0.2, 0.25) is 4.34 Å². The number of piperidine rings is 1. The van der Waals surface area contributed by atoms with Gasteiger partial charge in [0.2, 0.25) is 5.91 Å². The van der Waals surface area contributed by atoms with Crippen LogP contribution < -0.4 is 4.90 Å². The number of nitrogens with zero attached hydrogens (tertiary/aromatic N) is 4. The van der Waals surface area contributed by atoms with Gasteiger partial charge in [0.15, 0.2) is 5.13 Å². The fourth-order valence-electron chi connectivity index (χ4n) is 4.69. The van der Waals surface area contributed by atoms with Crippen LogP contribution in [0.25, 0.3) is 10.2 Å². The second kappa shape index (κ2) is 11.9. The van der Waals surface area contributed by atoms with Gasteiger partial charge in [-0.05, 0) is 43.4 Å². The molecule has 1 amide bonds. The molecule has 8 nitrogen and oxygen atoms in total. The van der Waals surface area contributed by atoms with Crippen molar-refractivity contribution in [1.29, 1.82) is 0 Å². The molecule has 2 aromatic heterocycles. The highest BCUT2D eigenvalue weighted by Gasteiger charge is 2.35. The number of rotatable bonds is 8. The number of amides is 1. The number of thioether (sulfide) groups is 1. The summed E-state index contributed by atoms with van der Waals surface area (Å²) >= 11 is 10.2. The van der Waals surface area contributed by atoms with Crippen LogP contribution in [0.3, 0.4) is 0 Å². The van der Waals surface area contributed by atoms with Gasteiger partial charge < -0.3 is 4.74 Å². The number of thiophene rings is 1. The Balaban J connectivity index is 1.33. The number of halogens is 1. The van der Waals surface area contributed by atoms with Gasteiger partial charge in [0.1, 0.15) is 4.21 Å². The first-order valence-electron chi connectivity index (χ1n) is 12.2. The fraction of sp³-hybridized carbons (Fsp3) is 0.500. The van der Waals surface area contributed by atoms with Crippen LogP contribution >= 0.6 is 46.0 Å². The number of anilines is 1. The summed E-state index contributed by atoms with van der Waals surface area (Å²) in [4.78, 5) is 24.0. The molecule has 1 aromatic carbocycles. The second-order valence-electron chi connectivity index (χ2n) is 8.98. The predicted molar refractivity (Wildman–Crippen MR) is 152 cm³/mol. The van der Waals surface area contributed by atoms with Crippen molar-refractivity contribution in [2.75, 3.05) is 63.6 Å². The summed E-state index contributed by atoms with van der Waals surface area (Å²) in [7, 11) is -3.60. The highest BCUT2D eigenvalue weighted by atomic mass is 35.5. The Kier molecular flexibility index (Phi) is 8.76. The zero-order chi connectivity index (χ0) is 26.0. The molecule has 2 saturated heterocycles. The van der Waals surface area contributed by atoms with Gasteiger partial charge in [-0.3, -0.25) is 14.6 Å². The second-order valence-corrected chi connectivity index (χ2v) is 14.7. The minimum Gasteiger partial charge on any atom is -0.379 e. The zero-order valence-corrected chi connectivity index (χ0v) is 24.5. The number of hydrogen-bond acceptors (Lipinski definition) is 9. The summed E-state index contributed by atoms with van der Waals surface area (Å²) in [6, 6.07) is 9.26. The van der Waals surface area contributed by atoms with Gasteiger partial charge in [-0.1, -0.05) is 29.0 Å². The average molecular weight is 601 g/mol. The molecule has 2 aliphatic rings. The van der Waals surface area contributed by atoms with Crippen LogP contribution in [-0.4, -0.2) is 87.3 Å². The summed E-state index contributed by atoms with van der Waals surface area (Å²) in [6.07, 6.45) is 2.99. The average Bonchev–Trinajstić information content (AvgIpc) is 3.56. The summed E-state index contributed by atoms with van der Waals surface area (Å²) in [5.74, 6) is -0.232. The molecule has 200 valence electrons. The third kappa shape index (κ3) is 6.01. The normalized spacial score (nSPS) is 18.4. The highest BCUT2D eigenvalue weighted by Crippen LogP contribution is 2.36. The molecule has 2 aliphatic heterocycles. The zero-order valence-electron chi connectivity index (χ0n) is 20.5. The number of benzene rings is 1. The van der Waals surface area contributed by atoms with E-state index in [0.717, 1.165) is 46.1 Å². The van der Waals surface area contributed by atoms with E-state index in [2.05, 4.69) is 4.90 Å². The van der Waals surface area contributed by atoms with Crippen molar-refractivity contribution in [3.05, 3.63) is 34.7 Å². The quantitative estimate of drug-likeness (QED) is 0.352. The van der Waals surface area contributed by atoms with E-state index in [1.54, 1.807) is 23.9 Å².